The summed E-state index contributed by atoms with van der Waals surface area (Å²) in [4.78, 5) is 26.1. The van der Waals surface area contributed by atoms with Crippen LogP contribution in [0.1, 0.15) is 47.5 Å². The smallest absolute Gasteiger partial charge is 0.268 e. The molecule has 2 amide bonds. The molecule has 1 atom stereocenters. The lowest BCUT2D eigenvalue weighted by atomic mass is 10.1. The summed E-state index contributed by atoms with van der Waals surface area (Å²) in [5.74, 6) is -0.546. The molecule has 0 aliphatic heterocycles. The van der Waals surface area contributed by atoms with E-state index in [0.717, 1.165) is 23.3 Å². The maximum Gasteiger partial charge on any atom is 0.268 e. The number of hydrogen-bond donors (Lipinski definition) is 2. The molecule has 1 aromatic carbocycles. The summed E-state index contributed by atoms with van der Waals surface area (Å²) in [6.45, 7) is 5.92. The summed E-state index contributed by atoms with van der Waals surface area (Å²) >= 11 is 1.52. The topological polar surface area (TPSA) is 58.2 Å². The average molecular weight is 356 g/mol. The normalized spacial score (nSPS) is 12.5. The lowest BCUT2D eigenvalue weighted by molar-refractivity contribution is -0.118. The van der Waals surface area contributed by atoms with E-state index >= 15 is 0 Å². The van der Waals surface area contributed by atoms with E-state index in [9.17, 15) is 9.59 Å². The van der Waals surface area contributed by atoms with E-state index in [1.165, 1.54) is 11.3 Å². The van der Waals surface area contributed by atoms with Gasteiger partial charge in [0, 0.05) is 16.5 Å². The van der Waals surface area contributed by atoms with Crippen LogP contribution in [-0.4, -0.2) is 17.9 Å². The van der Waals surface area contributed by atoms with Gasteiger partial charge in [-0.2, -0.15) is 0 Å². The Bertz CT molecular complexity index is 751. The van der Waals surface area contributed by atoms with Crippen molar-refractivity contribution in [3.63, 3.8) is 0 Å². The van der Waals surface area contributed by atoms with Crippen LogP contribution >= 0.6 is 11.3 Å². The highest BCUT2D eigenvalue weighted by atomic mass is 32.1. The van der Waals surface area contributed by atoms with Gasteiger partial charge in [0.15, 0.2) is 0 Å². The molecule has 2 N–H and O–H groups in total. The first-order valence-electron chi connectivity index (χ1n) is 8.44. The fraction of sp³-hybridized carbons (Fsp3) is 0.300. The molecule has 0 aliphatic rings. The SMILES string of the molecule is CCC[C@H](C)NC(=O)/C(=C/c1cccs1)NC(=O)c1ccccc1C. The molecule has 0 saturated heterocycles. The number of carbonyl (C=O) groups is 2. The average Bonchev–Trinajstić information content (AvgIpc) is 3.07. The molecule has 1 heterocycles. The van der Waals surface area contributed by atoms with Crippen molar-refractivity contribution in [1.29, 1.82) is 0 Å². The standard InChI is InChI=1S/C20H24N2O2S/c1-4-8-15(3)21-20(24)18(13-16-10-7-12-25-16)22-19(23)17-11-6-5-9-14(17)2/h5-7,9-13,15H,4,8H2,1-3H3,(H,21,24)(H,22,23)/b18-13-/t15-/m0/s1. The van der Waals surface area contributed by atoms with Crippen LogP contribution < -0.4 is 10.6 Å². The summed E-state index contributed by atoms with van der Waals surface area (Å²) in [5.41, 5.74) is 1.70. The second-order valence-electron chi connectivity index (χ2n) is 6.01. The molecule has 0 saturated carbocycles. The van der Waals surface area contributed by atoms with Crippen LogP contribution in [0.3, 0.4) is 0 Å². The molecular formula is C20H24N2O2S. The molecule has 0 bridgehead atoms. The molecule has 5 heteroatoms. The van der Waals surface area contributed by atoms with Crippen molar-refractivity contribution in [2.24, 2.45) is 0 Å². The summed E-state index contributed by atoms with van der Waals surface area (Å²) < 4.78 is 0. The van der Waals surface area contributed by atoms with Gasteiger partial charge < -0.3 is 10.6 Å². The molecule has 0 radical (unpaired) electrons. The fourth-order valence-corrected chi connectivity index (χ4v) is 3.16. The third kappa shape index (κ3) is 5.57. The highest BCUT2D eigenvalue weighted by Gasteiger charge is 2.17. The molecule has 0 fully saturated rings. The van der Waals surface area contributed by atoms with Crippen molar-refractivity contribution in [2.75, 3.05) is 0 Å². The highest BCUT2D eigenvalue weighted by Crippen LogP contribution is 2.14. The lowest BCUT2D eigenvalue weighted by Gasteiger charge is -2.16. The number of nitrogens with one attached hydrogen (secondary N) is 2. The second-order valence-corrected chi connectivity index (χ2v) is 6.98. The minimum atomic E-state index is -0.279. The van der Waals surface area contributed by atoms with Gasteiger partial charge >= 0.3 is 0 Å². The van der Waals surface area contributed by atoms with Crippen molar-refractivity contribution >= 4 is 29.2 Å². The van der Waals surface area contributed by atoms with Crippen LogP contribution in [0.2, 0.25) is 0 Å². The van der Waals surface area contributed by atoms with E-state index in [2.05, 4.69) is 17.6 Å². The largest absolute Gasteiger partial charge is 0.348 e. The second kappa shape index (κ2) is 9.18. The van der Waals surface area contributed by atoms with Crippen molar-refractivity contribution in [3.05, 3.63) is 63.5 Å². The minimum Gasteiger partial charge on any atom is -0.348 e. The molecule has 0 unspecified atom stereocenters. The zero-order valence-corrected chi connectivity index (χ0v) is 15.7. The number of thiophene rings is 1. The van der Waals surface area contributed by atoms with Gasteiger partial charge in [-0.15, -0.1) is 11.3 Å². The Hall–Kier alpha value is -2.40. The summed E-state index contributed by atoms with van der Waals surface area (Å²) in [6.07, 6.45) is 3.60. The van der Waals surface area contributed by atoms with Crippen molar-refractivity contribution in [2.45, 2.75) is 39.7 Å². The van der Waals surface area contributed by atoms with Gasteiger partial charge in [-0.3, -0.25) is 9.59 Å². The lowest BCUT2D eigenvalue weighted by Crippen LogP contribution is -2.39. The van der Waals surface area contributed by atoms with Gasteiger partial charge in [0.05, 0.1) is 0 Å². The van der Waals surface area contributed by atoms with Crippen molar-refractivity contribution in [1.82, 2.24) is 10.6 Å². The Morgan fingerprint density at radius 3 is 2.60 bits per heavy atom. The molecular weight excluding hydrogens is 332 g/mol. The number of rotatable bonds is 7. The number of carbonyl (C=O) groups excluding carboxylic acids is 2. The first kappa shape index (κ1) is 18.9. The highest BCUT2D eigenvalue weighted by molar-refractivity contribution is 7.10. The Morgan fingerprint density at radius 1 is 1.20 bits per heavy atom. The maximum atomic E-state index is 12.6. The molecule has 4 nitrogen and oxygen atoms in total. The van der Waals surface area contributed by atoms with Crippen LogP contribution in [0.5, 0.6) is 0 Å². The van der Waals surface area contributed by atoms with Gasteiger partial charge in [-0.25, -0.2) is 0 Å². The van der Waals surface area contributed by atoms with E-state index in [-0.39, 0.29) is 23.6 Å². The summed E-state index contributed by atoms with van der Waals surface area (Å²) in [7, 11) is 0. The van der Waals surface area contributed by atoms with Crippen molar-refractivity contribution < 1.29 is 9.59 Å². The van der Waals surface area contributed by atoms with Crippen molar-refractivity contribution in [3.8, 4) is 0 Å². The summed E-state index contributed by atoms with van der Waals surface area (Å²) in [6, 6.07) is 11.2. The molecule has 2 aromatic rings. The number of hydrogen-bond acceptors (Lipinski definition) is 3. The Morgan fingerprint density at radius 2 is 1.96 bits per heavy atom. The predicted molar refractivity (Wildman–Crippen MR) is 103 cm³/mol. The van der Waals surface area contributed by atoms with Gasteiger partial charge in [0.1, 0.15) is 5.70 Å². The van der Waals surface area contributed by atoms with E-state index in [4.69, 9.17) is 0 Å². The maximum absolute atomic E-state index is 12.6. The van der Waals surface area contributed by atoms with E-state index in [1.807, 2.05) is 49.6 Å². The van der Waals surface area contributed by atoms with Gasteiger partial charge in [0.25, 0.3) is 11.8 Å². The number of amides is 2. The van der Waals surface area contributed by atoms with Gasteiger partial charge in [0.2, 0.25) is 0 Å². The monoisotopic (exact) mass is 356 g/mol. The predicted octanol–water partition coefficient (Wildman–Crippen LogP) is 4.13. The fourth-order valence-electron chi connectivity index (χ4n) is 2.50. The Kier molecular flexibility index (Phi) is 6.95. The van der Waals surface area contributed by atoms with Crippen LogP contribution in [0.15, 0.2) is 47.5 Å². The third-order valence-corrected chi connectivity index (χ3v) is 4.63. The Balaban J connectivity index is 2.22. The minimum absolute atomic E-state index is 0.0552. The molecule has 0 spiro atoms. The van der Waals surface area contributed by atoms with Crippen LogP contribution in [0, 0.1) is 6.92 Å². The Labute approximate surface area is 153 Å². The van der Waals surface area contributed by atoms with E-state index in [0.29, 0.717) is 5.56 Å². The first-order chi connectivity index (χ1) is 12.0. The first-order valence-corrected chi connectivity index (χ1v) is 9.32. The van der Waals surface area contributed by atoms with Crippen LogP contribution in [-0.2, 0) is 4.79 Å². The molecule has 2 rings (SSSR count). The zero-order chi connectivity index (χ0) is 18.2. The molecule has 132 valence electrons. The van der Waals surface area contributed by atoms with E-state index < -0.39 is 0 Å². The van der Waals surface area contributed by atoms with Gasteiger partial charge in [-0.05, 0) is 49.4 Å². The zero-order valence-electron chi connectivity index (χ0n) is 14.8. The number of aryl methyl sites for hydroxylation is 1. The summed E-state index contributed by atoms with van der Waals surface area (Å²) in [5, 5.41) is 7.66. The molecule has 25 heavy (non-hydrogen) atoms. The molecule has 1 aromatic heterocycles. The number of benzene rings is 1. The quantitative estimate of drug-likeness (QED) is 0.733. The van der Waals surface area contributed by atoms with Crippen LogP contribution in [0.25, 0.3) is 6.08 Å². The van der Waals surface area contributed by atoms with E-state index in [1.54, 1.807) is 12.1 Å². The van der Waals surface area contributed by atoms with Gasteiger partial charge in [-0.1, -0.05) is 37.6 Å². The third-order valence-electron chi connectivity index (χ3n) is 3.81. The molecule has 0 aliphatic carbocycles. The van der Waals surface area contributed by atoms with Crippen LogP contribution in [0.4, 0.5) is 0 Å².